The zero-order chi connectivity index (χ0) is 20.4. The fourth-order valence-electron chi connectivity index (χ4n) is 2.64. The number of hydrogen-bond acceptors (Lipinski definition) is 6. The van der Waals surface area contributed by atoms with Crippen LogP contribution in [0.2, 0.25) is 0 Å². The van der Waals surface area contributed by atoms with Gasteiger partial charge in [0.15, 0.2) is 16.4 Å². The number of nitrogens with zero attached hydrogens (tertiary/aromatic N) is 1. The first-order valence-corrected chi connectivity index (χ1v) is 10.2. The molecular weight excluding hydrogens is 364 g/mol. The van der Waals surface area contributed by atoms with Gasteiger partial charge in [0, 0.05) is 12.5 Å². The zero-order valence-electron chi connectivity index (χ0n) is 16.1. The van der Waals surface area contributed by atoms with Gasteiger partial charge in [-0.05, 0) is 12.8 Å². The third kappa shape index (κ3) is 15.1. The van der Waals surface area contributed by atoms with E-state index in [1.54, 1.807) is 6.92 Å². The van der Waals surface area contributed by atoms with E-state index in [0.717, 1.165) is 32.1 Å². The summed E-state index contributed by atoms with van der Waals surface area (Å²) in [4.78, 5) is 21.6. The Morgan fingerprint density at radius 3 is 2.15 bits per heavy atom. The molecule has 0 aromatic carbocycles. The molecule has 154 valence electrons. The van der Waals surface area contributed by atoms with Crippen LogP contribution in [0.15, 0.2) is 0 Å². The molecule has 1 aliphatic rings. The number of esters is 1. The number of carboxylic acids is 1. The molecule has 0 unspecified atom stereocenters. The molecule has 1 rings (SSSR count). The van der Waals surface area contributed by atoms with E-state index >= 15 is 0 Å². The molecule has 0 aromatic rings. The van der Waals surface area contributed by atoms with Crippen LogP contribution in [0, 0.1) is 0 Å². The van der Waals surface area contributed by atoms with Gasteiger partial charge in [-0.3, -0.25) is 9.59 Å². The van der Waals surface area contributed by atoms with E-state index in [2.05, 4.69) is 4.72 Å². The average Bonchev–Trinajstić information content (AvgIpc) is 2.44. The fraction of sp³-hybridized carbons (Fsp3) is 0.875. The molecule has 1 saturated carbocycles. The van der Waals surface area contributed by atoms with Gasteiger partial charge < -0.3 is 18.9 Å². The standard InChI is InChI=1S/C10H19NO4.C6H13NO3S/c1-5-10(14)15-8(6-9(12)13)7-11(2,3)4;8-11(9,10)7-6-4-2-1-3-5-6/h8H,5-7H2,1-4H3;6-7H,1-5H2,(H,8,9,10)/t8-;/m1./s1. The first kappa shape index (κ1) is 24.8. The number of likely N-dealkylation sites (N-methyl/N-ethyl adjacent to an activating group) is 1. The third-order valence-corrected chi connectivity index (χ3v) is 4.28. The predicted octanol–water partition coefficient (Wildman–Crippen LogP) is 0.858. The number of carbonyl (C=O) groups is 2. The lowest BCUT2D eigenvalue weighted by molar-refractivity contribution is -0.873. The molecule has 26 heavy (non-hydrogen) atoms. The molecule has 0 saturated heterocycles. The molecular formula is C16H32N2O7S. The summed E-state index contributed by atoms with van der Waals surface area (Å²) in [7, 11) is 1.55. The van der Waals surface area contributed by atoms with Gasteiger partial charge in [-0.1, -0.05) is 26.2 Å². The minimum absolute atomic E-state index is 0.105. The first-order chi connectivity index (χ1) is 11.8. The van der Waals surface area contributed by atoms with Gasteiger partial charge >= 0.3 is 11.9 Å². The van der Waals surface area contributed by atoms with Crippen molar-refractivity contribution in [1.82, 2.24) is 4.72 Å². The molecule has 0 bridgehead atoms. The molecule has 1 aliphatic carbocycles. The van der Waals surface area contributed by atoms with Crippen molar-refractivity contribution in [1.29, 1.82) is 0 Å². The third-order valence-electron chi connectivity index (χ3n) is 3.66. The van der Waals surface area contributed by atoms with E-state index in [9.17, 15) is 22.6 Å². The normalized spacial score (nSPS) is 17.0. The molecule has 10 heteroatoms. The van der Waals surface area contributed by atoms with E-state index in [0.29, 0.717) is 11.0 Å². The molecule has 0 aliphatic heterocycles. The number of ether oxygens (including phenoxy) is 1. The Morgan fingerprint density at radius 2 is 1.77 bits per heavy atom. The van der Waals surface area contributed by atoms with Crippen LogP contribution in [0.5, 0.6) is 0 Å². The Kier molecular flexibility index (Phi) is 10.9. The van der Waals surface area contributed by atoms with Crippen LogP contribution in [-0.4, -0.2) is 74.3 Å². The summed E-state index contributed by atoms with van der Waals surface area (Å²) in [5, 5.41) is 8.67. The van der Waals surface area contributed by atoms with Crippen LogP contribution in [0.3, 0.4) is 0 Å². The van der Waals surface area contributed by atoms with E-state index in [1.165, 1.54) is 0 Å². The van der Waals surface area contributed by atoms with Gasteiger partial charge in [-0.15, -0.1) is 0 Å². The van der Waals surface area contributed by atoms with Crippen molar-refractivity contribution in [2.24, 2.45) is 0 Å². The number of carboxylic acid groups (broad SMARTS) is 1. The minimum atomic E-state index is -4.22. The number of rotatable bonds is 8. The van der Waals surface area contributed by atoms with E-state index in [1.807, 2.05) is 21.1 Å². The van der Waals surface area contributed by atoms with Crippen LogP contribution >= 0.6 is 0 Å². The SMILES string of the molecule is CCC(=O)O[C@H](CC(=O)O)C[N+](C)(C)C.O=S(=O)([O-])NC1CCCCC1. The van der Waals surface area contributed by atoms with Crippen molar-refractivity contribution in [2.45, 2.75) is 64.0 Å². The Morgan fingerprint density at radius 1 is 1.23 bits per heavy atom. The van der Waals surface area contributed by atoms with Crippen LogP contribution in [0.1, 0.15) is 51.9 Å². The molecule has 9 nitrogen and oxygen atoms in total. The summed E-state index contributed by atoms with van der Waals surface area (Å²) in [5.41, 5.74) is 0. The number of quaternary nitrogens is 1. The van der Waals surface area contributed by atoms with Crippen molar-refractivity contribution in [2.75, 3.05) is 27.7 Å². The molecule has 0 heterocycles. The lowest BCUT2D eigenvalue weighted by Gasteiger charge is -2.28. The molecule has 0 aromatic heterocycles. The monoisotopic (exact) mass is 396 g/mol. The summed E-state index contributed by atoms with van der Waals surface area (Å²) in [6.45, 7) is 2.18. The Hall–Kier alpha value is -1.23. The number of nitrogens with one attached hydrogen (secondary N) is 1. The maximum Gasteiger partial charge on any atom is 0.307 e. The highest BCUT2D eigenvalue weighted by molar-refractivity contribution is 7.83. The summed E-state index contributed by atoms with van der Waals surface area (Å²) in [6.07, 6.45) is 4.39. The van der Waals surface area contributed by atoms with Crippen LogP contribution in [0.4, 0.5) is 0 Å². The highest BCUT2D eigenvalue weighted by Crippen LogP contribution is 2.17. The van der Waals surface area contributed by atoms with Crippen LogP contribution in [-0.2, 0) is 24.6 Å². The van der Waals surface area contributed by atoms with Gasteiger partial charge in [-0.2, -0.15) is 0 Å². The number of carbonyl (C=O) groups excluding carboxylic acids is 1. The maximum atomic E-state index is 11.1. The second-order valence-electron chi connectivity index (χ2n) is 7.44. The van der Waals surface area contributed by atoms with Crippen LogP contribution in [0.25, 0.3) is 0 Å². The summed E-state index contributed by atoms with van der Waals surface area (Å²) >= 11 is 0. The maximum absolute atomic E-state index is 11.1. The quantitative estimate of drug-likeness (QED) is 0.353. The molecule has 2 N–H and O–H groups in total. The van der Waals surface area contributed by atoms with Crippen LogP contribution < -0.4 is 4.72 Å². The van der Waals surface area contributed by atoms with Crippen molar-refractivity contribution >= 4 is 22.2 Å². The molecule has 1 fully saturated rings. The molecule has 0 amide bonds. The minimum Gasteiger partial charge on any atom is -0.735 e. The zero-order valence-corrected chi connectivity index (χ0v) is 16.9. The smallest absolute Gasteiger partial charge is 0.307 e. The van der Waals surface area contributed by atoms with Gasteiger partial charge in [0.05, 0.1) is 27.6 Å². The van der Waals surface area contributed by atoms with Gasteiger partial charge in [0.25, 0.3) is 0 Å². The fourth-order valence-corrected chi connectivity index (χ4v) is 3.29. The van der Waals surface area contributed by atoms with Crippen molar-refractivity contribution in [3.05, 3.63) is 0 Å². The van der Waals surface area contributed by atoms with Crippen molar-refractivity contribution in [3.8, 4) is 0 Å². The predicted molar refractivity (Wildman–Crippen MR) is 95.0 cm³/mol. The first-order valence-electron chi connectivity index (χ1n) is 8.77. The second kappa shape index (κ2) is 11.5. The summed E-state index contributed by atoms with van der Waals surface area (Å²) in [5.74, 6) is -1.30. The van der Waals surface area contributed by atoms with E-state index < -0.39 is 22.4 Å². The van der Waals surface area contributed by atoms with Crippen molar-refractivity contribution < 1.29 is 36.9 Å². The molecule has 0 radical (unpaired) electrons. The van der Waals surface area contributed by atoms with E-state index in [4.69, 9.17) is 9.84 Å². The number of hydrogen-bond donors (Lipinski definition) is 2. The largest absolute Gasteiger partial charge is 0.735 e. The average molecular weight is 397 g/mol. The topological polar surface area (TPSA) is 133 Å². The second-order valence-corrected chi connectivity index (χ2v) is 8.59. The highest BCUT2D eigenvalue weighted by Gasteiger charge is 2.24. The van der Waals surface area contributed by atoms with Gasteiger partial charge in [-0.25, -0.2) is 13.1 Å². The number of aliphatic carboxylic acids is 1. The van der Waals surface area contributed by atoms with Gasteiger partial charge in [0.2, 0.25) is 0 Å². The Bertz CT molecular complexity index is 537. The van der Waals surface area contributed by atoms with Crippen molar-refractivity contribution in [3.63, 3.8) is 0 Å². The molecule has 1 atom stereocenters. The summed E-state index contributed by atoms with van der Waals surface area (Å²) < 4.78 is 38.4. The Labute approximate surface area is 156 Å². The lowest BCUT2D eigenvalue weighted by Crippen LogP contribution is -2.43. The highest BCUT2D eigenvalue weighted by atomic mass is 32.2. The van der Waals surface area contributed by atoms with Gasteiger partial charge in [0.1, 0.15) is 6.54 Å². The summed E-state index contributed by atoms with van der Waals surface area (Å²) in [6, 6.07) is -0.105. The molecule has 0 spiro atoms. The van der Waals surface area contributed by atoms with E-state index in [-0.39, 0.29) is 24.9 Å². The Balaban J connectivity index is 0.000000502. The lowest BCUT2D eigenvalue weighted by atomic mass is 9.96.